The van der Waals surface area contributed by atoms with Crippen LogP contribution in [0.2, 0.25) is 5.02 Å². The fraction of sp³-hybridized carbons (Fsp3) is 0.214. The molecular weight excluding hydrogens is 485 g/mol. The molecule has 0 saturated carbocycles. The highest BCUT2D eigenvalue weighted by Gasteiger charge is 2.10. The molecule has 0 aliphatic heterocycles. The van der Waals surface area contributed by atoms with Gasteiger partial charge in [-0.3, -0.25) is 4.79 Å². The Morgan fingerprint density at radius 2 is 1.58 bits per heavy atom. The summed E-state index contributed by atoms with van der Waals surface area (Å²) < 4.78 is 31.5. The van der Waals surface area contributed by atoms with Crippen molar-refractivity contribution in [3.05, 3.63) is 94.9 Å². The molecule has 1 N–H and O–H groups in total. The third-order valence-electron chi connectivity index (χ3n) is 5.41. The number of ether oxygens (including phenoxy) is 3. The molecule has 0 unspecified atom stereocenters. The number of carbonyl (C=O) groups is 1. The molecule has 0 spiro atoms. The van der Waals surface area contributed by atoms with Crippen LogP contribution in [0.4, 0.5) is 4.39 Å². The van der Waals surface area contributed by atoms with Gasteiger partial charge in [-0.2, -0.15) is 0 Å². The lowest BCUT2D eigenvalue weighted by Crippen LogP contribution is -2.04. The lowest BCUT2D eigenvalue weighted by Gasteiger charge is -2.14. The Morgan fingerprint density at radius 1 is 0.861 bits per heavy atom. The Bertz CT molecular complexity index is 1330. The Labute approximate surface area is 213 Å². The maximum atomic E-state index is 14.0. The average molecular weight is 510 g/mol. The first-order chi connectivity index (χ1) is 17.5. The van der Waals surface area contributed by atoms with Gasteiger partial charge < -0.3 is 19.3 Å². The van der Waals surface area contributed by atoms with E-state index in [0.29, 0.717) is 52.9 Å². The van der Waals surface area contributed by atoms with Crippen LogP contribution in [-0.2, 0) is 18.0 Å². The van der Waals surface area contributed by atoms with Gasteiger partial charge in [0, 0.05) is 17.4 Å². The zero-order valence-corrected chi connectivity index (χ0v) is 20.2. The summed E-state index contributed by atoms with van der Waals surface area (Å²) in [6, 6.07) is 21.1. The highest BCUT2D eigenvalue weighted by Crippen LogP contribution is 2.30. The van der Waals surface area contributed by atoms with E-state index in [4.69, 9.17) is 30.9 Å². The van der Waals surface area contributed by atoms with E-state index < -0.39 is 5.97 Å². The molecule has 0 atom stereocenters. The molecule has 8 heteroatoms. The van der Waals surface area contributed by atoms with Crippen molar-refractivity contribution in [1.29, 1.82) is 0 Å². The lowest BCUT2D eigenvalue weighted by molar-refractivity contribution is -0.137. The number of aromatic nitrogens is 1. The molecule has 0 radical (unpaired) electrons. The van der Waals surface area contributed by atoms with E-state index in [0.717, 1.165) is 10.9 Å². The van der Waals surface area contributed by atoms with Crippen molar-refractivity contribution in [2.45, 2.75) is 32.5 Å². The molecule has 4 aromatic rings. The second-order valence-electron chi connectivity index (χ2n) is 8.09. The molecule has 0 fully saturated rings. The minimum atomic E-state index is -0.820. The number of rotatable bonds is 12. The SMILES string of the molecule is O=C(O)CCCCOc1c(Cl)cccc1COc1ccc(OCc2ccc3cccc(F)c3n2)cc1. The molecule has 0 bridgehead atoms. The van der Waals surface area contributed by atoms with E-state index in [1.807, 2.05) is 30.3 Å². The smallest absolute Gasteiger partial charge is 0.303 e. The summed E-state index contributed by atoms with van der Waals surface area (Å²) in [5.74, 6) is 0.626. The summed E-state index contributed by atoms with van der Waals surface area (Å²) >= 11 is 6.30. The van der Waals surface area contributed by atoms with E-state index in [1.165, 1.54) is 6.07 Å². The minimum absolute atomic E-state index is 0.110. The van der Waals surface area contributed by atoms with Crippen molar-refractivity contribution < 1.29 is 28.5 Å². The topological polar surface area (TPSA) is 77.9 Å². The third-order valence-corrected chi connectivity index (χ3v) is 5.71. The summed E-state index contributed by atoms with van der Waals surface area (Å²) in [6.07, 6.45) is 1.26. The van der Waals surface area contributed by atoms with Gasteiger partial charge in [-0.1, -0.05) is 41.9 Å². The summed E-state index contributed by atoms with van der Waals surface area (Å²) in [5, 5.41) is 9.95. The van der Waals surface area contributed by atoms with Crippen LogP contribution in [-0.4, -0.2) is 22.7 Å². The molecular formula is C28H25ClFNO5. The number of nitrogens with zero attached hydrogens (tertiary/aromatic N) is 1. The largest absolute Gasteiger partial charge is 0.492 e. The number of para-hydroxylation sites is 2. The van der Waals surface area contributed by atoms with Crippen molar-refractivity contribution in [3.63, 3.8) is 0 Å². The van der Waals surface area contributed by atoms with E-state index in [9.17, 15) is 9.18 Å². The minimum Gasteiger partial charge on any atom is -0.492 e. The number of fused-ring (bicyclic) bond motifs is 1. The molecule has 4 rings (SSSR count). The highest BCUT2D eigenvalue weighted by molar-refractivity contribution is 6.32. The van der Waals surface area contributed by atoms with Crippen molar-refractivity contribution in [1.82, 2.24) is 4.98 Å². The zero-order valence-electron chi connectivity index (χ0n) is 19.5. The van der Waals surface area contributed by atoms with Crippen LogP contribution in [0.15, 0.2) is 72.8 Å². The number of carboxylic acid groups (broad SMARTS) is 1. The van der Waals surface area contributed by atoms with Crippen LogP contribution >= 0.6 is 11.6 Å². The van der Waals surface area contributed by atoms with Crippen LogP contribution in [0.1, 0.15) is 30.5 Å². The van der Waals surface area contributed by atoms with Crippen LogP contribution in [0.3, 0.4) is 0 Å². The molecule has 0 amide bonds. The van der Waals surface area contributed by atoms with Gasteiger partial charge in [0.25, 0.3) is 0 Å². The van der Waals surface area contributed by atoms with E-state index in [-0.39, 0.29) is 25.5 Å². The Morgan fingerprint density at radius 3 is 2.33 bits per heavy atom. The Balaban J connectivity index is 1.30. The number of halogens is 2. The maximum Gasteiger partial charge on any atom is 0.303 e. The van der Waals surface area contributed by atoms with E-state index in [2.05, 4.69) is 4.98 Å². The van der Waals surface area contributed by atoms with Gasteiger partial charge in [0.2, 0.25) is 0 Å². The molecule has 1 heterocycles. The summed E-state index contributed by atoms with van der Waals surface area (Å²) in [6.45, 7) is 0.826. The fourth-order valence-electron chi connectivity index (χ4n) is 3.56. The number of benzene rings is 3. The second kappa shape index (κ2) is 12.2. The number of hydrogen-bond acceptors (Lipinski definition) is 5. The van der Waals surface area contributed by atoms with Crippen molar-refractivity contribution in [2.75, 3.05) is 6.61 Å². The standard InChI is InChI=1S/C28H25ClFNO5/c29-24-7-3-6-20(28(24)34-16-2-1-9-26(32)33)17-35-22-12-14-23(15-13-22)36-18-21-11-10-19-5-4-8-25(30)27(19)31-21/h3-8,10-15H,1-2,9,16-18H2,(H,32,33). The number of aliphatic carboxylic acids is 1. The molecule has 0 aliphatic carbocycles. The Kier molecular flexibility index (Phi) is 8.57. The zero-order chi connectivity index (χ0) is 25.3. The van der Waals surface area contributed by atoms with Crippen LogP contribution in [0.25, 0.3) is 10.9 Å². The highest BCUT2D eigenvalue weighted by atomic mass is 35.5. The molecule has 0 saturated heterocycles. The quantitative estimate of drug-likeness (QED) is 0.211. The lowest BCUT2D eigenvalue weighted by atomic mass is 10.2. The van der Waals surface area contributed by atoms with Gasteiger partial charge in [-0.05, 0) is 55.3 Å². The number of hydrogen-bond donors (Lipinski definition) is 1. The predicted molar refractivity (Wildman–Crippen MR) is 135 cm³/mol. The van der Waals surface area contributed by atoms with Gasteiger partial charge in [-0.15, -0.1) is 0 Å². The fourth-order valence-corrected chi connectivity index (χ4v) is 3.81. The number of unbranched alkanes of at least 4 members (excludes halogenated alkanes) is 1. The maximum absolute atomic E-state index is 14.0. The van der Waals surface area contributed by atoms with Crippen LogP contribution in [0, 0.1) is 5.82 Å². The first kappa shape index (κ1) is 25.3. The average Bonchev–Trinajstić information content (AvgIpc) is 2.88. The first-order valence-corrected chi connectivity index (χ1v) is 11.9. The second-order valence-corrected chi connectivity index (χ2v) is 8.50. The molecule has 3 aromatic carbocycles. The molecule has 186 valence electrons. The van der Waals surface area contributed by atoms with Gasteiger partial charge in [0.1, 0.15) is 41.8 Å². The summed E-state index contributed by atoms with van der Waals surface area (Å²) in [5.41, 5.74) is 1.74. The van der Waals surface area contributed by atoms with E-state index in [1.54, 1.807) is 36.4 Å². The van der Waals surface area contributed by atoms with Crippen LogP contribution < -0.4 is 14.2 Å². The van der Waals surface area contributed by atoms with Crippen molar-refractivity contribution in [3.8, 4) is 17.2 Å². The molecule has 1 aromatic heterocycles. The molecule has 36 heavy (non-hydrogen) atoms. The predicted octanol–water partition coefficient (Wildman–Crippen LogP) is 6.82. The summed E-state index contributed by atoms with van der Waals surface area (Å²) in [7, 11) is 0. The number of carboxylic acids is 1. The first-order valence-electron chi connectivity index (χ1n) is 11.5. The van der Waals surface area contributed by atoms with E-state index >= 15 is 0 Å². The Hall–Kier alpha value is -3.84. The molecule has 0 aliphatic rings. The monoisotopic (exact) mass is 509 g/mol. The van der Waals surface area contributed by atoms with Gasteiger partial charge in [0.05, 0.1) is 17.3 Å². The van der Waals surface area contributed by atoms with Gasteiger partial charge in [0.15, 0.2) is 0 Å². The number of pyridine rings is 1. The van der Waals surface area contributed by atoms with Crippen LogP contribution in [0.5, 0.6) is 17.2 Å². The third kappa shape index (κ3) is 6.86. The van der Waals surface area contributed by atoms with Gasteiger partial charge >= 0.3 is 5.97 Å². The van der Waals surface area contributed by atoms with Gasteiger partial charge in [-0.25, -0.2) is 9.37 Å². The van der Waals surface area contributed by atoms with Crippen molar-refractivity contribution >= 4 is 28.5 Å². The molecule has 6 nitrogen and oxygen atoms in total. The summed E-state index contributed by atoms with van der Waals surface area (Å²) in [4.78, 5) is 15.0. The van der Waals surface area contributed by atoms with Crippen molar-refractivity contribution in [2.24, 2.45) is 0 Å². The normalized spacial score (nSPS) is 10.8.